The summed E-state index contributed by atoms with van der Waals surface area (Å²) in [6.07, 6.45) is 3.01. The molecule has 3 nitrogen and oxygen atoms in total. The predicted octanol–water partition coefficient (Wildman–Crippen LogP) is 2.84. The number of hydrogen-bond donors (Lipinski definition) is 2. The Kier molecular flexibility index (Phi) is 6.73. The van der Waals surface area contributed by atoms with E-state index in [1.54, 1.807) is 0 Å². The first-order valence-corrected chi connectivity index (χ1v) is 7.48. The molecule has 0 atom stereocenters. The van der Waals surface area contributed by atoms with E-state index in [4.69, 9.17) is 0 Å². The van der Waals surface area contributed by atoms with Gasteiger partial charge in [-0.05, 0) is 31.7 Å². The maximum atomic E-state index is 11.9. The highest BCUT2D eigenvalue weighted by molar-refractivity contribution is 5.76. The van der Waals surface area contributed by atoms with Gasteiger partial charge in [-0.1, -0.05) is 43.7 Å². The Morgan fingerprint density at radius 3 is 2.55 bits per heavy atom. The van der Waals surface area contributed by atoms with Crippen LogP contribution in [0, 0.1) is 12.3 Å². The molecule has 0 aromatic heterocycles. The molecule has 112 valence electrons. The smallest absolute Gasteiger partial charge is 0.220 e. The molecule has 0 saturated carbocycles. The minimum Gasteiger partial charge on any atom is -0.396 e. The van der Waals surface area contributed by atoms with Gasteiger partial charge in [-0.25, -0.2) is 0 Å². The zero-order chi connectivity index (χ0) is 15.0. The van der Waals surface area contributed by atoms with E-state index in [1.807, 2.05) is 6.07 Å². The molecule has 0 radical (unpaired) electrons. The highest BCUT2D eigenvalue weighted by Gasteiger charge is 2.25. The number of aliphatic hydroxyl groups excluding tert-OH is 1. The second kappa shape index (κ2) is 8.05. The molecule has 0 fully saturated rings. The van der Waals surface area contributed by atoms with Crippen LogP contribution in [0.2, 0.25) is 0 Å². The van der Waals surface area contributed by atoms with E-state index in [1.165, 1.54) is 11.1 Å². The van der Waals surface area contributed by atoms with Crippen molar-refractivity contribution in [2.24, 2.45) is 5.41 Å². The number of nitrogens with one attached hydrogen (secondary N) is 1. The van der Waals surface area contributed by atoms with Crippen LogP contribution < -0.4 is 5.32 Å². The maximum absolute atomic E-state index is 11.9. The van der Waals surface area contributed by atoms with Gasteiger partial charge in [0.25, 0.3) is 0 Å². The van der Waals surface area contributed by atoms with Crippen LogP contribution >= 0.6 is 0 Å². The highest BCUT2D eigenvalue weighted by Crippen LogP contribution is 2.24. The molecule has 0 aliphatic heterocycles. The van der Waals surface area contributed by atoms with Gasteiger partial charge in [-0.15, -0.1) is 0 Å². The number of carbonyl (C=O) groups excluding carboxylic acids is 1. The van der Waals surface area contributed by atoms with Gasteiger partial charge in [0.05, 0.1) is 6.61 Å². The maximum Gasteiger partial charge on any atom is 0.220 e. The topological polar surface area (TPSA) is 49.3 Å². The van der Waals surface area contributed by atoms with Crippen LogP contribution in [0.5, 0.6) is 0 Å². The average molecular weight is 277 g/mol. The first-order chi connectivity index (χ1) is 9.55. The number of amides is 1. The molecule has 1 aromatic carbocycles. The predicted molar refractivity (Wildman–Crippen MR) is 82.6 cm³/mol. The Labute approximate surface area is 122 Å². The van der Waals surface area contributed by atoms with Crippen LogP contribution in [-0.2, 0) is 11.2 Å². The summed E-state index contributed by atoms with van der Waals surface area (Å²) >= 11 is 0. The monoisotopic (exact) mass is 277 g/mol. The van der Waals surface area contributed by atoms with Crippen LogP contribution in [0.4, 0.5) is 0 Å². The minimum atomic E-state index is -0.168. The third-order valence-electron chi connectivity index (χ3n) is 4.22. The van der Waals surface area contributed by atoms with E-state index in [9.17, 15) is 9.90 Å². The molecule has 1 rings (SSSR count). The Hall–Kier alpha value is -1.35. The Morgan fingerprint density at radius 2 is 2.00 bits per heavy atom. The summed E-state index contributed by atoms with van der Waals surface area (Å²) in [5.41, 5.74) is 2.25. The van der Waals surface area contributed by atoms with Gasteiger partial charge in [0, 0.05) is 18.4 Å². The fraction of sp³-hybridized carbons (Fsp3) is 0.588. The Balaban J connectivity index is 2.40. The summed E-state index contributed by atoms with van der Waals surface area (Å²) in [6.45, 7) is 6.85. The summed E-state index contributed by atoms with van der Waals surface area (Å²) in [5.74, 6) is 0.0613. The van der Waals surface area contributed by atoms with Crippen LogP contribution in [0.1, 0.15) is 44.2 Å². The van der Waals surface area contributed by atoms with Gasteiger partial charge in [-0.3, -0.25) is 4.79 Å². The lowest BCUT2D eigenvalue weighted by Crippen LogP contribution is -2.39. The lowest BCUT2D eigenvalue weighted by atomic mass is 9.83. The van der Waals surface area contributed by atoms with E-state index in [0.717, 1.165) is 19.3 Å². The molecule has 0 saturated heterocycles. The fourth-order valence-corrected chi connectivity index (χ4v) is 2.28. The number of benzene rings is 1. The van der Waals surface area contributed by atoms with E-state index in [-0.39, 0.29) is 17.9 Å². The third kappa shape index (κ3) is 4.97. The van der Waals surface area contributed by atoms with Crippen LogP contribution in [-0.4, -0.2) is 24.2 Å². The van der Waals surface area contributed by atoms with Crippen molar-refractivity contribution in [2.75, 3.05) is 13.2 Å². The fourth-order valence-electron chi connectivity index (χ4n) is 2.28. The van der Waals surface area contributed by atoms with Gasteiger partial charge in [-0.2, -0.15) is 0 Å². The largest absolute Gasteiger partial charge is 0.396 e. The summed E-state index contributed by atoms with van der Waals surface area (Å²) < 4.78 is 0. The first kappa shape index (κ1) is 16.7. The minimum absolute atomic E-state index is 0.0613. The molecule has 0 aliphatic rings. The summed E-state index contributed by atoms with van der Waals surface area (Å²) in [4.78, 5) is 11.9. The van der Waals surface area contributed by atoms with Crippen molar-refractivity contribution in [2.45, 2.75) is 46.5 Å². The first-order valence-electron chi connectivity index (χ1n) is 7.48. The summed E-state index contributed by atoms with van der Waals surface area (Å²) in [7, 11) is 0. The van der Waals surface area contributed by atoms with Gasteiger partial charge >= 0.3 is 0 Å². The molecule has 0 heterocycles. The molecule has 1 amide bonds. The van der Waals surface area contributed by atoms with Crippen molar-refractivity contribution in [1.29, 1.82) is 0 Å². The molecule has 0 bridgehead atoms. The van der Waals surface area contributed by atoms with Crippen molar-refractivity contribution < 1.29 is 9.90 Å². The van der Waals surface area contributed by atoms with Crippen molar-refractivity contribution in [3.63, 3.8) is 0 Å². The lowest BCUT2D eigenvalue weighted by Gasteiger charge is -2.29. The Bertz CT molecular complexity index is 416. The second-order valence-corrected chi connectivity index (χ2v) is 5.63. The van der Waals surface area contributed by atoms with Gasteiger partial charge < -0.3 is 10.4 Å². The van der Waals surface area contributed by atoms with E-state index in [2.05, 4.69) is 44.3 Å². The summed E-state index contributed by atoms with van der Waals surface area (Å²) in [5, 5.41) is 12.4. The zero-order valence-corrected chi connectivity index (χ0v) is 12.9. The molecular weight excluding hydrogens is 250 g/mol. The zero-order valence-electron chi connectivity index (χ0n) is 12.9. The normalized spacial score (nSPS) is 11.4. The van der Waals surface area contributed by atoms with E-state index < -0.39 is 0 Å². The van der Waals surface area contributed by atoms with Crippen LogP contribution in [0.25, 0.3) is 0 Å². The van der Waals surface area contributed by atoms with E-state index >= 15 is 0 Å². The number of carbonyl (C=O) groups is 1. The quantitative estimate of drug-likeness (QED) is 0.767. The second-order valence-electron chi connectivity index (χ2n) is 5.63. The number of hydrogen-bond acceptors (Lipinski definition) is 2. The van der Waals surface area contributed by atoms with Crippen molar-refractivity contribution in [1.82, 2.24) is 5.32 Å². The van der Waals surface area contributed by atoms with Crippen LogP contribution in [0.15, 0.2) is 24.3 Å². The third-order valence-corrected chi connectivity index (χ3v) is 4.22. The molecular formula is C17H27NO2. The Morgan fingerprint density at radius 1 is 1.30 bits per heavy atom. The lowest BCUT2D eigenvalue weighted by molar-refractivity contribution is -0.121. The van der Waals surface area contributed by atoms with E-state index in [0.29, 0.717) is 13.0 Å². The molecule has 1 aromatic rings. The van der Waals surface area contributed by atoms with Crippen molar-refractivity contribution in [3.05, 3.63) is 35.4 Å². The van der Waals surface area contributed by atoms with Crippen molar-refractivity contribution >= 4 is 5.91 Å². The molecule has 0 unspecified atom stereocenters. The number of rotatable bonds is 8. The average Bonchev–Trinajstić information content (AvgIpc) is 2.47. The van der Waals surface area contributed by atoms with Crippen LogP contribution in [0.3, 0.4) is 0 Å². The summed E-state index contributed by atoms with van der Waals surface area (Å²) in [6, 6.07) is 8.25. The van der Waals surface area contributed by atoms with Gasteiger partial charge in [0.1, 0.15) is 0 Å². The number of aryl methyl sites for hydroxylation is 2. The molecule has 2 N–H and O–H groups in total. The molecule has 3 heteroatoms. The SMILES string of the molecule is CCC(CC)(CO)CNC(=O)CCc1cccc(C)c1. The van der Waals surface area contributed by atoms with Crippen molar-refractivity contribution in [3.8, 4) is 0 Å². The molecule has 20 heavy (non-hydrogen) atoms. The standard InChI is InChI=1S/C17H27NO2/c1-4-17(5-2,13-19)12-18-16(20)10-9-15-8-6-7-14(3)11-15/h6-8,11,19H,4-5,9-10,12-13H2,1-3H3,(H,18,20). The van der Waals surface area contributed by atoms with Gasteiger partial charge in [0.15, 0.2) is 0 Å². The van der Waals surface area contributed by atoms with Gasteiger partial charge in [0.2, 0.25) is 5.91 Å². The number of aliphatic hydroxyl groups is 1. The molecule has 0 spiro atoms. The molecule has 0 aliphatic carbocycles. The highest BCUT2D eigenvalue weighted by atomic mass is 16.3.